The maximum atomic E-state index is 12.0. The number of benzene rings is 1. The van der Waals surface area contributed by atoms with Gasteiger partial charge in [-0.05, 0) is 18.9 Å². The van der Waals surface area contributed by atoms with Gasteiger partial charge in [0.25, 0.3) is 5.91 Å². The molecule has 2 rings (SSSR count). The Hall–Kier alpha value is -2.17. The van der Waals surface area contributed by atoms with E-state index in [1.165, 1.54) is 6.21 Å². The first-order valence-corrected chi connectivity index (χ1v) is 5.82. The van der Waals surface area contributed by atoms with Gasteiger partial charge < -0.3 is 5.32 Å². The average molecular weight is 245 g/mol. The van der Waals surface area contributed by atoms with Crippen LogP contribution >= 0.6 is 0 Å². The molecule has 1 heterocycles. The van der Waals surface area contributed by atoms with Gasteiger partial charge in [-0.2, -0.15) is 5.10 Å². The van der Waals surface area contributed by atoms with Gasteiger partial charge in [0.1, 0.15) is 5.54 Å². The number of urea groups is 1. The molecule has 1 atom stereocenters. The van der Waals surface area contributed by atoms with Crippen LogP contribution in [0.3, 0.4) is 0 Å². The molecule has 1 unspecified atom stereocenters. The van der Waals surface area contributed by atoms with Crippen LogP contribution in [0.2, 0.25) is 0 Å². The van der Waals surface area contributed by atoms with Gasteiger partial charge >= 0.3 is 6.03 Å². The summed E-state index contributed by atoms with van der Waals surface area (Å²) < 4.78 is 0. The highest BCUT2D eigenvalue weighted by Gasteiger charge is 2.46. The number of rotatable bonds is 3. The fourth-order valence-electron chi connectivity index (χ4n) is 1.68. The van der Waals surface area contributed by atoms with Crippen LogP contribution < -0.4 is 5.32 Å². The number of nitrogens with zero attached hydrogens (tertiary/aromatic N) is 2. The molecule has 0 saturated carbocycles. The third kappa shape index (κ3) is 2.11. The SMILES string of the molecule is CCC1(C)NC(=O)N(/N=C/c2ccccc2)C1=O. The number of nitrogens with one attached hydrogen (secondary N) is 1. The van der Waals surface area contributed by atoms with Crippen molar-refractivity contribution in [1.82, 2.24) is 10.3 Å². The Morgan fingerprint density at radius 3 is 2.56 bits per heavy atom. The summed E-state index contributed by atoms with van der Waals surface area (Å²) in [5.41, 5.74) is -0.00585. The van der Waals surface area contributed by atoms with Crippen LogP contribution in [0.5, 0.6) is 0 Å². The second-order valence-corrected chi connectivity index (χ2v) is 4.39. The van der Waals surface area contributed by atoms with Crippen molar-refractivity contribution < 1.29 is 9.59 Å². The Morgan fingerprint density at radius 2 is 2.00 bits per heavy atom. The van der Waals surface area contributed by atoms with E-state index in [0.717, 1.165) is 10.6 Å². The van der Waals surface area contributed by atoms with Gasteiger partial charge in [-0.25, -0.2) is 4.79 Å². The summed E-state index contributed by atoms with van der Waals surface area (Å²) in [6.07, 6.45) is 2.04. The van der Waals surface area contributed by atoms with Crippen LogP contribution in [0.4, 0.5) is 4.79 Å². The average Bonchev–Trinajstić information content (AvgIpc) is 2.60. The number of carbonyl (C=O) groups is 2. The molecule has 1 fully saturated rings. The molecule has 5 nitrogen and oxygen atoms in total. The van der Waals surface area contributed by atoms with E-state index in [1.807, 2.05) is 37.3 Å². The van der Waals surface area contributed by atoms with Gasteiger partial charge in [0.15, 0.2) is 0 Å². The van der Waals surface area contributed by atoms with E-state index in [1.54, 1.807) is 6.92 Å². The van der Waals surface area contributed by atoms with E-state index in [2.05, 4.69) is 10.4 Å². The lowest BCUT2D eigenvalue weighted by Gasteiger charge is -2.17. The van der Waals surface area contributed by atoms with Crippen molar-refractivity contribution in [2.45, 2.75) is 25.8 Å². The van der Waals surface area contributed by atoms with Crippen LogP contribution in [0.1, 0.15) is 25.8 Å². The second-order valence-electron chi connectivity index (χ2n) is 4.39. The van der Waals surface area contributed by atoms with E-state index < -0.39 is 11.6 Å². The second kappa shape index (κ2) is 4.60. The number of imide groups is 1. The molecule has 1 aliphatic heterocycles. The molecular formula is C13H15N3O2. The van der Waals surface area contributed by atoms with Gasteiger partial charge in [-0.15, -0.1) is 5.01 Å². The normalized spacial score (nSPS) is 23.8. The Morgan fingerprint density at radius 1 is 1.33 bits per heavy atom. The van der Waals surface area contributed by atoms with Gasteiger partial charge in [0.05, 0.1) is 6.21 Å². The summed E-state index contributed by atoms with van der Waals surface area (Å²) >= 11 is 0. The molecule has 1 aromatic carbocycles. The van der Waals surface area contributed by atoms with Gasteiger partial charge in [-0.1, -0.05) is 37.3 Å². The topological polar surface area (TPSA) is 61.8 Å². The molecule has 0 radical (unpaired) electrons. The summed E-state index contributed by atoms with van der Waals surface area (Å²) in [5.74, 6) is -0.317. The van der Waals surface area contributed by atoms with Crippen LogP contribution in [0.25, 0.3) is 0 Å². The molecule has 1 aliphatic rings. The predicted molar refractivity (Wildman–Crippen MR) is 68.1 cm³/mol. The van der Waals surface area contributed by atoms with Crippen molar-refractivity contribution in [3.05, 3.63) is 35.9 Å². The molecule has 5 heteroatoms. The molecule has 0 bridgehead atoms. The molecule has 94 valence electrons. The van der Waals surface area contributed by atoms with Crippen LogP contribution in [0.15, 0.2) is 35.4 Å². The monoisotopic (exact) mass is 245 g/mol. The van der Waals surface area contributed by atoms with Crippen LogP contribution in [-0.2, 0) is 4.79 Å². The molecule has 0 spiro atoms. The van der Waals surface area contributed by atoms with Crippen molar-refractivity contribution in [2.75, 3.05) is 0 Å². The number of hydrogen-bond acceptors (Lipinski definition) is 3. The summed E-state index contributed by atoms with van der Waals surface area (Å²) in [6, 6.07) is 8.84. The zero-order chi connectivity index (χ0) is 13.2. The lowest BCUT2D eigenvalue weighted by atomic mass is 10.00. The van der Waals surface area contributed by atoms with E-state index in [0.29, 0.717) is 6.42 Å². The Labute approximate surface area is 105 Å². The maximum Gasteiger partial charge on any atom is 0.346 e. The maximum absolute atomic E-state index is 12.0. The van der Waals surface area contributed by atoms with Gasteiger partial charge in [-0.3, -0.25) is 4.79 Å². The first-order valence-electron chi connectivity index (χ1n) is 5.82. The van der Waals surface area contributed by atoms with Crippen molar-refractivity contribution in [3.8, 4) is 0 Å². The first kappa shape index (κ1) is 12.3. The van der Waals surface area contributed by atoms with Gasteiger partial charge in [0.2, 0.25) is 0 Å². The molecule has 1 aromatic rings. The minimum absolute atomic E-state index is 0.317. The van der Waals surface area contributed by atoms with Crippen molar-refractivity contribution in [2.24, 2.45) is 5.10 Å². The molecule has 1 saturated heterocycles. The highest BCUT2D eigenvalue weighted by Crippen LogP contribution is 2.20. The lowest BCUT2D eigenvalue weighted by Crippen LogP contribution is -2.42. The van der Waals surface area contributed by atoms with E-state index in [4.69, 9.17) is 0 Å². The quantitative estimate of drug-likeness (QED) is 0.651. The third-order valence-electron chi connectivity index (χ3n) is 3.07. The van der Waals surface area contributed by atoms with Crippen LogP contribution in [-0.4, -0.2) is 28.7 Å². The fourth-order valence-corrected chi connectivity index (χ4v) is 1.68. The lowest BCUT2D eigenvalue weighted by molar-refractivity contribution is -0.130. The third-order valence-corrected chi connectivity index (χ3v) is 3.07. The van der Waals surface area contributed by atoms with E-state index in [-0.39, 0.29) is 5.91 Å². The van der Waals surface area contributed by atoms with Crippen molar-refractivity contribution in [3.63, 3.8) is 0 Å². The Kier molecular flexibility index (Phi) is 3.14. The largest absolute Gasteiger partial charge is 0.346 e. The van der Waals surface area contributed by atoms with Gasteiger partial charge in [0, 0.05) is 0 Å². The fraction of sp³-hybridized carbons (Fsp3) is 0.308. The first-order chi connectivity index (χ1) is 8.57. The molecular weight excluding hydrogens is 230 g/mol. The highest BCUT2D eigenvalue weighted by atomic mass is 16.2. The summed E-state index contributed by atoms with van der Waals surface area (Å²) in [7, 11) is 0. The zero-order valence-corrected chi connectivity index (χ0v) is 10.4. The zero-order valence-electron chi connectivity index (χ0n) is 10.4. The number of hydrogen-bond donors (Lipinski definition) is 1. The smallest absolute Gasteiger partial charge is 0.322 e. The standard InChI is InChI=1S/C13H15N3O2/c1-3-13(2)11(17)16(12(18)15-13)14-9-10-7-5-4-6-8-10/h4-9H,3H2,1-2H3,(H,15,18)/b14-9+. The minimum atomic E-state index is -0.842. The molecule has 0 aromatic heterocycles. The van der Waals surface area contributed by atoms with Crippen molar-refractivity contribution >= 4 is 18.2 Å². The van der Waals surface area contributed by atoms with Crippen LogP contribution in [0, 0.1) is 0 Å². The predicted octanol–water partition coefficient (Wildman–Crippen LogP) is 1.74. The molecule has 18 heavy (non-hydrogen) atoms. The van der Waals surface area contributed by atoms with Crippen molar-refractivity contribution in [1.29, 1.82) is 0 Å². The molecule has 0 aliphatic carbocycles. The summed E-state index contributed by atoms with van der Waals surface area (Å²) in [5, 5.41) is 7.47. The molecule has 1 N–H and O–H groups in total. The Bertz CT molecular complexity index is 498. The minimum Gasteiger partial charge on any atom is -0.322 e. The molecule has 3 amide bonds. The number of hydrazone groups is 1. The van der Waals surface area contributed by atoms with E-state index >= 15 is 0 Å². The number of amides is 3. The Balaban J connectivity index is 2.18. The summed E-state index contributed by atoms with van der Waals surface area (Å²) in [6.45, 7) is 3.55. The number of carbonyl (C=O) groups excluding carboxylic acids is 2. The highest BCUT2D eigenvalue weighted by molar-refractivity contribution is 6.07. The van der Waals surface area contributed by atoms with E-state index in [9.17, 15) is 9.59 Å². The summed E-state index contributed by atoms with van der Waals surface area (Å²) in [4.78, 5) is 23.7.